The fraction of sp³-hybridized carbons (Fsp3) is 0.421. The van der Waals surface area contributed by atoms with Crippen molar-refractivity contribution in [2.45, 2.75) is 46.5 Å². The predicted molar refractivity (Wildman–Crippen MR) is 96.9 cm³/mol. The number of hydrogen-bond acceptors (Lipinski definition) is 4. The van der Waals surface area contributed by atoms with Gasteiger partial charge in [-0.1, -0.05) is 13.8 Å². The highest BCUT2D eigenvalue weighted by molar-refractivity contribution is 5.96. The lowest BCUT2D eigenvalue weighted by Crippen LogP contribution is -2.34. The Labute approximate surface area is 143 Å². The minimum absolute atomic E-state index is 0.207. The van der Waals surface area contributed by atoms with Crippen molar-refractivity contribution in [1.82, 2.24) is 9.97 Å². The Hall–Kier alpha value is -2.43. The van der Waals surface area contributed by atoms with Gasteiger partial charge < -0.3 is 10.2 Å². The number of nitrogens with one attached hydrogen (secondary N) is 1. The summed E-state index contributed by atoms with van der Waals surface area (Å²) in [6, 6.07) is 8.10. The van der Waals surface area contributed by atoms with Gasteiger partial charge in [-0.2, -0.15) is 0 Å². The van der Waals surface area contributed by atoms with E-state index in [9.17, 15) is 4.79 Å². The maximum Gasteiger partial charge on any atom is 0.227 e. The molecule has 3 rings (SSSR count). The monoisotopic (exact) mass is 324 g/mol. The number of carbonyl (C=O) groups excluding carboxylic acids is 1. The van der Waals surface area contributed by atoms with Gasteiger partial charge in [-0.25, -0.2) is 9.97 Å². The van der Waals surface area contributed by atoms with Crippen LogP contribution < -0.4 is 10.2 Å². The van der Waals surface area contributed by atoms with Gasteiger partial charge in [-0.15, -0.1) is 0 Å². The number of fused-ring (bicyclic) bond motifs is 1. The van der Waals surface area contributed by atoms with Crippen molar-refractivity contribution in [1.29, 1.82) is 0 Å². The summed E-state index contributed by atoms with van der Waals surface area (Å²) in [7, 11) is 0. The molecule has 5 heteroatoms. The van der Waals surface area contributed by atoms with Crippen LogP contribution in [0.15, 0.2) is 24.3 Å². The van der Waals surface area contributed by atoms with Gasteiger partial charge in [-0.3, -0.25) is 4.79 Å². The molecule has 2 aromatic rings. The highest BCUT2D eigenvalue weighted by atomic mass is 16.2. The fourth-order valence-corrected chi connectivity index (χ4v) is 3.05. The SMILES string of the molecule is CCN1C(=O)CCc2cc(Nc3cc(C)nc(C(C)C)n3)ccc21. The summed E-state index contributed by atoms with van der Waals surface area (Å²) >= 11 is 0. The number of hydrogen-bond donors (Lipinski definition) is 1. The number of aryl methyl sites for hydroxylation is 2. The Kier molecular flexibility index (Phi) is 4.51. The third-order valence-electron chi connectivity index (χ3n) is 4.26. The van der Waals surface area contributed by atoms with Crippen LogP contribution in [-0.4, -0.2) is 22.4 Å². The summed E-state index contributed by atoms with van der Waals surface area (Å²) in [4.78, 5) is 22.9. The van der Waals surface area contributed by atoms with Crippen LogP contribution >= 0.6 is 0 Å². The number of rotatable bonds is 4. The Morgan fingerprint density at radius 3 is 2.71 bits per heavy atom. The molecule has 1 aliphatic heterocycles. The normalized spacial score (nSPS) is 14.0. The molecule has 0 atom stereocenters. The summed E-state index contributed by atoms with van der Waals surface area (Å²) in [5.41, 5.74) is 4.18. The van der Waals surface area contributed by atoms with E-state index in [4.69, 9.17) is 0 Å². The van der Waals surface area contributed by atoms with Crippen LogP contribution in [0.4, 0.5) is 17.2 Å². The second-order valence-corrected chi connectivity index (χ2v) is 6.51. The first kappa shape index (κ1) is 16.4. The number of nitrogens with zero attached hydrogens (tertiary/aromatic N) is 3. The van der Waals surface area contributed by atoms with Crippen LogP contribution in [-0.2, 0) is 11.2 Å². The largest absolute Gasteiger partial charge is 0.340 e. The summed E-state index contributed by atoms with van der Waals surface area (Å²) in [5.74, 6) is 2.15. The van der Waals surface area contributed by atoms with Gasteiger partial charge in [0.05, 0.1) is 0 Å². The smallest absolute Gasteiger partial charge is 0.227 e. The lowest BCUT2D eigenvalue weighted by atomic mass is 10.0. The molecule has 1 aromatic carbocycles. The second kappa shape index (κ2) is 6.59. The van der Waals surface area contributed by atoms with Crippen LogP contribution in [0.25, 0.3) is 0 Å². The number of amides is 1. The molecular weight excluding hydrogens is 300 g/mol. The fourth-order valence-electron chi connectivity index (χ4n) is 3.05. The third kappa shape index (κ3) is 3.25. The Balaban J connectivity index is 1.88. The van der Waals surface area contributed by atoms with Crippen molar-refractivity contribution in [2.75, 3.05) is 16.8 Å². The second-order valence-electron chi connectivity index (χ2n) is 6.51. The lowest BCUT2D eigenvalue weighted by Gasteiger charge is -2.28. The number of benzene rings is 1. The van der Waals surface area contributed by atoms with E-state index in [0.29, 0.717) is 13.0 Å². The van der Waals surface area contributed by atoms with E-state index in [1.807, 2.05) is 36.9 Å². The van der Waals surface area contributed by atoms with Crippen molar-refractivity contribution in [3.05, 3.63) is 41.3 Å². The van der Waals surface area contributed by atoms with E-state index in [1.165, 1.54) is 5.56 Å². The van der Waals surface area contributed by atoms with Crippen LogP contribution in [0.5, 0.6) is 0 Å². The summed E-state index contributed by atoms with van der Waals surface area (Å²) in [6.45, 7) is 8.88. The van der Waals surface area contributed by atoms with Crippen molar-refractivity contribution < 1.29 is 4.79 Å². The maximum atomic E-state index is 12.0. The first-order chi connectivity index (χ1) is 11.5. The lowest BCUT2D eigenvalue weighted by molar-refractivity contribution is -0.118. The molecule has 0 saturated carbocycles. The molecule has 0 aliphatic carbocycles. The molecule has 0 fully saturated rings. The van der Waals surface area contributed by atoms with Gasteiger partial charge in [-0.05, 0) is 44.0 Å². The number of anilines is 3. The average Bonchev–Trinajstić information content (AvgIpc) is 2.54. The number of carbonyl (C=O) groups is 1. The molecule has 2 heterocycles. The molecule has 0 radical (unpaired) electrons. The van der Waals surface area contributed by atoms with E-state index in [-0.39, 0.29) is 11.8 Å². The highest BCUT2D eigenvalue weighted by Gasteiger charge is 2.22. The summed E-state index contributed by atoms with van der Waals surface area (Å²) in [5, 5.41) is 3.38. The average molecular weight is 324 g/mol. The summed E-state index contributed by atoms with van der Waals surface area (Å²) < 4.78 is 0. The zero-order chi connectivity index (χ0) is 17.3. The van der Waals surface area contributed by atoms with Crippen molar-refractivity contribution in [3.63, 3.8) is 0 Å². The van der Waals surface area contributed by atoms with Crippen molar-refractivity contribution in [2.24, 2.45) is 0 Å². The number of aromatic nitrogens is 2. The molecule has 0 spiro atoms. The molecule has 1 amide bonds. The molecule has 1 aliphatic rings. The van der Waals surface area contributed by atoms with Crippen LogP contribution in [0.2, 0.25) is 0 Å². The van der Waals surface area contributed by atoms with E-state index in [2.05, 4.69) is 35.2 Å². The van der Waals surface area contributed by atoms with Gasteiger partial charge in [0.25, 0.3) is 0 Å². The molecule has 1 N–H and O–H groups in total. The van der Waals surface area contributed by atoms with Gasteiger partial charge in [0.2, 0.25) is 5.91 Å². The Morgan fingerprint density at radius 1 is 1.21 bits per heavy atom. The highest BCUT2D eigenvalue weighted by Crippen LogP contribution is 2.31. The van der Waals surface area contributed by atoms with E-state index in [0.717, 1.165) is 35.1 Å². The molecule has 0 saturated heterocycles. The summed E-state index contributed by atoms with van der Waals surface area (Å²) in [6.07, 6.45) is 1.37. The van der Waals surface area contributed by atoms with Crippen LogP contribution in [0.3, 0.4) is 0 Å². The molecule has 126 valence electrons. The molecule has 0 bridgehead atoms. The predicted octanol–water partition coefficient (Wildman–Crippen LogP) is 3.95. The van der Waals surface area contributed by atoms with Gasteiger partial charge in [0.15, 0.2) is 0 Å². The van der Waals surface area contributed by atoms with E-state index in [1.54, 1.807) is 0 Å². The van der Waals surface area contributed by atoms with E-state index < -0.39 is 0 Å². The van der Waals surface area contributed by atoms with Crippen LogP contribution in [0.1, 0.15) is 50.2 Å². The molecule has 24 heavy (non-hydrogen) atoms. The standard InChI is InChI=1S/C19H24N4O/c1-5-23-16-8-7-15(11-14(16)6-9-18(23)24)21-17-10-13(4)20-19(22-17)12(2)3/h7-8,10-12H,5-6,9H2,1-4H3,(H,20,21,22). The maximum absolute atomic E-state index is 12.0. The first-order valence-electron chi connectivity index (χ1n) is 8.53. The minimum Gasteiger partial charge on any atom is -0.340 e. The third-order valence-corrected chi connectivity index (χ3v) is 4.26. The quantitative estimate of drug-likeness (QED) is 0.925. The Bertz CT molecular complexity index is 770. The first-order valence-corrected chi connectivity index (χ1v) is 8.53. The van der Waals surface area contributed by atoms with Gasteiger partial charge in [0, 0.05) is 42.0 Å². The van der Waals surface area contributed by atoms with Crippen LogP contribution in [0, 0.1) is 6.92 Å². The van der Waals surface area contributed by atoms with Crippen molar-refractivity contribution >= 4 is 23.1 Å². The minimum atomic E-state index is 0.207. The molecule has 5 nitrogen and oxygen atoms in total. The molecular formula is C19H24N4O. The zero-order valence-corrected chi connectivity index (χ0v) is 14.8. The van der Waals surface area contributed by atoms with Crippen molar-refractivity contribution in [3.8, 4) is 0 Å². The molecule has 1 aromatic heterocycles. The molecule has 0 unspecified atom stereocenters. The topological polar surface area (TPSA) is 58.1 Å². The van der Waals surface area contributed by atoms with E-state index >= 15 is 0 Å². The zero-order valence-electron chi connectivity index (χ0n) is 14.8. The van der Waals surface area contributed by atoms with Gasteiger partial charge >= 0.3 is 0 Å². The Morgan fingerprint density at radius 2 is 2.00 bits per heavy atom. The van der Waals surface area contributed by atoms with Gasteiger partial charge in [0.1, 0.15) is 11.6 Å².